The topological polar surface area (TPSA) is 24.5 Å². The number of hydrogen-bond donors (Lipinski definition) is 1. The Labute approximate surface area is 82.4 Å². The van der Waals surface area contributed by atoms with Gasteiger partial charge in [-0.3, -0.25) is 0 Å². The molecule has 2 unspecified atom stereocenters. The van der Waals surface area contributed by atoms with Crippen LogP contribution in [0.15, 0.2) is 0 Å². The minimum atomic E-state index is 0.592. The lowest BCUT2D eigenvalue weighted by Crippen LogP contribution is -2.37. The Hall–Kier alpha value is -0.120. The van der Waals surface area contributed by atoms with Crippen LogP contribution in [0, 0.1) is 5.92 Å². The van der Waals surface area contributed by atoms with Gasteiger partial charge in [0.2, 0.25) is 0 Å². The van der Waals surface area contributed by atoms with Gasteiger partial charge in [-0.15, -0.1) is 0 Å². The number of likely N-dealkylation sites (N-methyl/N-ethyl adjacent to an activating group) is 1. The normalized spacial score (nSPS) is 16.2. The van der Waals surface area contributed by atoms with Crippen molar-refractivity contribution in [3.63, 3.8) is 0 Å². The summed E-state index contributed by atoms with van der Waals surface area (Å²) in [6.45, 7) is 7.32. The minimum absolute atomic E-state index is 0.592. The number of nitrogens with one attached hydrogen (secondary N) is 1. The van der Waals surface area contributed by atoms with E-state index in [0.717, 1.165) is 19.7 Å². The highest BCUT2D eigenvalue weighted by atomic mass is 16.5. The van der Waals surface area contributed by atoms with Crippen LogP contribution in [0.1, 0.15) is 13.8 Å². The molecule has 0 bridgehead atoms. The highest BCUT2D eigenvalue weighted by Gasteiger charge is 2.05. The highest BCUT2D eigenvalue weighted by molar-refractivity contribution is 4.64. The van der Waals surface area contributed by atoms with Gasteiger partial charge in [0.05, 0.1) is 0 Å². The Morgan fingerprint density at radius 3 is 2.31 bits per heavy atom. The fraction of sp³-hybridized carbons (Fsp3) is 1.00. The third-order valence-electron chi connectivity index (χ3n) is 2.27. The number of hydrogen-bond acceptors (Lipinski definition) is 3. The number of rotatable bonds is 7. The van der Waals surface area contributed by atoms with Crippen molar-refractivity contribution in [2.45, 2.75) is 19.9 Å². The van der Waals surface area contributed by atoms with Crippen LogP contribution in [0.5, 0.6) is 0 Å². The molecule has 0 saturated heterocycles. The Morgan fingerprint density at radius 1 is 1.23 bits per heavy atom. The molecule has 0 spiro atoms. The van der Waals surface area contributed by atoms with Gasteiger partial charge in [0.25, 0.3) is 0 Å². The molecule has 0 radical (unpaired) electrons. The Kier molecular flexibility index (Phi) is 7.23. The van der Waals surface area contributed by atoms with E-state index in [0.29, 0.717) is 12.0 Å². The first-order valence-electron chi connectivity index (χ1n) is 4.94. The highest BCUT2D eigenvalue weighted by Crippen LogP contribution is 1.93. The van der Waals surface area contributed by atoms with Crippen LogP contribution in [0.3, 0.4) is 0 Å². The van der Waals surface area contributed by atoms with E-state index in [-0.39, 0.29) is 0 Å². The smallest absolute Gasteiger partial charge is 0.0499 e. The zero-order valence-corrected chi connectivity index (χ0v) is 9.63. The van der Waals surface area contributed by atoms with Crippen LogP contribution < -0.4 is 5.32 Å². The summed E-state index contributed by atoms with van der Waals surface area (Å²) >= 11 is 0. The summed E-state index contributed by atoms with van der Waals surface area (Å²) in [4.78, 5) is 2.22. The second-order valence-electron chi connectivity index (χ2n) is 4.03. The monoisotopic (exact) mass is 188 g/mol. The standard InChI is InChI=1S/C10H24N2O/c1-9(8-13-5)6-11-7-10(2)12(3)4/h9-11H,6-8H2,1-5H3. The van der Waals surface area contributed by atoms with Crippen LogP contribution in [-0.2, 0) is 4.74 Å². The van der Waals surface area contributed by atoms with Crippen molar-refractivity contribution in [1.29, 1.82) is 0 Å². The molecular formula is C10H24N2O. The summed E-state index contributed by atoms with van der Waals surface area (Å²) < 4.78 is 5.06. The van der Waals surface area contributed by atoms with Gasteiger partial charge < -0.3 is 15.0 Å². The molecule has 3 heteroatoms. The molecule has 0 rings (SSSR count). The van der Waals surface area contributed by atoms with E-state index in [1.165, 1.54) is 0 Å². The Morgan fingerprint density at radius 2 is 1.85 bits per heavy atom. The van der Waals surface area contributed by atoms with Crippen LogP contribution in [0.4, 0.5) is 0 Å². The van der Waals surface area contributed by atoms with E-state index in [2.05, 4.69) is 38.2 Å². The van der Waals surface area contributed by atoms with Gasteiger partial charge in [0, 0.05) is 26.3 Å². The molecule has 0 heterocycles. The fourth-order valence-corrected chi connectivity index (χ4v) is 1.06. The van der Waals surface area contributed by atoms with Crippen LogP contribution >= 0.6 is 0 Å². The third-order valence-corrected chi connectivity index (χ3v) is 2.27. The molecule has 0 aromatic rings. The molecule has 0 aromatic heterocycles. The average Bonchev–Trinajstić information content (AvgIpc) is 2.04. The lowest BCUT2D eigenvalue weighted by atomic mass is 10.2. The fourth-order valence-electron chi connectivity index (χ4n) is 1.06. The van der Waals surface area contributed by atoms with Gasteiger partial charge in [-0.05, 0) is 33.5 Å². The first-order valence-corrected chi connectivity index (χ1v) is 4.94. The molecule has 0 amide bonds. The number of methoxy groups -OCH3 is 1. The second kappa shape index (κ2) is 7.30. The van der Waals surface area contributed by atoms with Crippen molar-refractivity contribution in [1.82, 2.24) is 10.2 Å². The van der Waals surface area contributed by atoms with Crippen molar-refractivity contribution < 1.29 is 4.74 Å². The van der Waals surface area contributed by atoms with Crippen molar-refractivity contribution in [3.8, 4) is 0 Å². The van der Waals surface area contributed by atoms with Crippen molar-refractivity contribution in [3.05, 3.63) is 0 Å². The van der Waals surface area contributed by atoms with Gasteiger partial charge >= 0.3 is 0 Å². The predicted octanol–water partition coefficient (Wildman–Crippen LogP) is 0.809. The summed E-state index contributed by atoms with van der Waals surface area (Å²) in [5.74, 6) is 0.597. The van der Waals surface area contributed by atoms with Gasteiger partial charge in [-0.1, -0.05) is 6.92 Å². The maximum atomic E-state index is 5.06. The summed E-state index contributed by atoms with van der Waals surface area (Å²) in [6.07, 6.45) is 0. The van der Waals surface area contributed by atoms with E-state index in [1.807, 2.05) is 0 Å². The molecule has 0 fully saturated rings. The molecule has 0 aliphatic carbocycles. The van der Waals surface area contributed by atoms with Crippen LogP contribution in [-0.4, -0.2) is 51.8 Å². The molecule has 0 aromatic carbocycles. The molecule has 2 atom stereocenters. The first-order chi connectivity index (χ1) is 6.07. The van der Waals surface area contributed by atoms with Crippen molar-refractivity contribution in [2.75, 3.05) is 40.9 Å². The van der Waals surface area contributed by atoms with Gasteiger partial charge in [0.1, 0.15) is 0 Å². The van der Waals surface area contributed by atoms with Crippen molar-refractivity contribution in [2.24, 2.45) is 5.92 Å². The minimum Gasteiger partial charge on any atom is -0.384 e. The first kappa shape index (κ1) is 12.9. The Bertz CT molecular complexity index is 117. The predicted molar refractivity (Wildman–Crippen MR) is 57.1 cm³/mol. The van der Waals surface area contributed by atoms with Gasteiger partial charge in [-0.2, -0.15) is 0 Å². The molecule has 3 nitrogen and oxygen atoms in total. The quantitative estimate of drug-likeness (QED) is 0.640. The zero-order valence-electron chi connectivity index (χ0n) is 9.63. The van der Waals surface area contributed by atoms with Gasteiger partial charge in [-0.25, -0.2) is 0 Å². The average molecular weight is 188 g/mol. The molecule has 13 heavy (non-hydrogen) atoms. The zero-order chi connectivity index (χ0) is 10.3. The molecule has 0 saturated carbocycles. The molecule has 0 aliphatic rings. The number of nitrogens with zero attached hydrogens (tertiary/aromatic N) is 1. The summed E-state index contributed by atoms with van der Waals surface area (Å²) in [7, 11) is 5.95. The lowest BCUT2D eigenvalue weighted by molar-refractivity contribution is 0.157. The van der Waals surface area contributed by atoms with E-state index >= 15 is 0 Å². The summed E-state index contributed by atoms with van der Waals surface area (Å²) in [5.41, 5.74) is 0. The Balaban J connectivity index is 3.33. The summed E-state index contributed by atoms with van der Waals surface area (Å²) in [5, 5.41) is 3.43. The van der Waals surface area contributed by atoms with Crippen molar-refractivity contribution >= 4 is 0 Å². The van der Waals surface area contributed by atoms with E-state index in [1.54, 1.807) is 7.11 Å². The molecule has 80 valence electrons. The number of ether oxygens (including phenoxy) is 1. The van der Waals surface area contributed by atoms with Crippen LogP contribution in [0.2, 0.25) is 0 Å². The lowest BCUT2D eigenvalue weighted by Gasteiger charge is -2.21. The van der Waals surface area contributed by atoms with E-state index in [9.17, 15) is 0 Å². The largest absolute Gasteiger partial charge is 0.384 e. The summed E-state index contributed by atoms with van der Waals surface area (Å²) in [6, 6.07) is 0.592. The SMILES string of the molecule is COCC(C)CNCC(C)N(C)C. The molecular weight excluding hydrogens is 164 g/mol. The molecule has 0 aliphatic heterocycles. The van der Waals surface area contributed by atoms with E-state index < -0.39 is 0 Å². The van der Waals surface area contributed by atoms with E-state index in [4.69, 9.17) is 4.74 Å². The third kappa shape index (κ3) is 6.99. The molecule has 1 N–H and O–H groups in total. The second-order valence-corrected chi connectivity index (χ2v) is 4.03. The maximum absolute atomic E-state index is 5.06. The maximum Gasteiger partial charge on any atom is 0.0499 e. The van der Waals surface area contributed by atoms with Crippen LogP contribution in [0.25, 0.3) is 0 Å². The van der Waals surface area contributed by atoms with Gasteiger partial charge in [0.15, 0.2) is 0 Å².